The Morgan fingerprint density at radius 1 is 1.00 bits per heavy atom. The van der Waals surface area contributed by atoms with Gasteiger partial charge in [-0.05, 0) is 55.7 Å². The maximum Gasteiger partial charge on any atom is 0.338 e. The number of ether oxygens (including phenoxy) is 4. The number of halogens is 1. The van der Waals surface area contributed by atoms with Crippen LogP contribution in [0.2, 0.25) is 5.02 Å². The van der Waals surface area contributed by atoms with Crippen LogP contribution in [-0.4, -0.2) is 56.2 Å². The summed E-state index contributed by atoms with van der Waals surface area (Å²) in [5, 5.41) is 0.642. The number of esters is 2. The Labute approximate surface area is 203 Å². The average molecular weight is 490 g/mol. The molecule has 2 aromatic carbocycles. The van der Waals surface area contributed by atoms with Gasteiger partial charge >= 0.3 is 11.9 Å². The van der Waals surface area contributed by atoms with Gasteiger partial charge < -0.3 is 23.8 Å². The van der Waals surface area contributed by atoms with Crippen LogP contribution in [0.5, 0.6) is 11.5 Å². The van der Waals surface area contributed by atoms with Crippen LogP contribution in [0.4, 0.5) is 0 Å². The highest BCUT2D eigenvalue weighted by atomic mass is 35.5. The number of piperidine rings is 1. The summed E-state index contributed by atoms with van der Waals surface area (Å²) in [6.07, 6.45) is 1.07. The minimum atomic E-state index is -0.641. The molecule has 0 saturated carbocycles. The SMILES string of the molecule is CCOC(=O)C1CCN(C(=O)COC(=O)c2ccc(OCc3ccc(Cl)cc3)c(OC)c2)CC1. The van der Waals surface area contributed by atoms with Gasteiger partial charge in [0.05, 0.1) is 25.2 Å². The topological polar surface area (TPSA) is 91.4 Å². The summed E-state index contributed by atoms with van der Waals surface area (Å²) in [6, 6.07) is 12.0. The molecule has 0 atom stereocenters. The van der Waals surface area contributed by atoms with Gasteiger partial charge in [0.1, 0.15) is 6.61 Å². The first-order valence-corrected chi connectivity index (χ1v) is 11.5. The molecule has 0 aromatic heterocycles. The maximum absolute atomic E-state index is 12.5. The van der Waals surface area contributed by atoms with Crippen LogP contribution >= 0.6 is 11.6 Å². The van der Waals surface area contributed by atoms with E-state index in [4.69, 9.17) is 30.5 Å². The van der Waals surface area contributed by atoms with Crippen molar-refractivity contribution in [2.45, 2.75) is 26.4 Å². The predicted octanol–water partition coefficient (Wildman–Crippen LogP) is 3.89. The van der Waals surface area contributed by atoms with Gasteiger partial charge in [0.2, 0.25) is 0 Å². The van der Waals surface area contributed by atoms with Gasteiger partial charge in [-0.2, -0.15) is 0 Å². The fourth-order valence-corrected chi connectivity index (χ4v) is 3.71. The van der Waals surface area contributed by atoms with Gasteiger partial charge in [-0.3, -0.25) is 9.59 Å². The van der Waals surface area contributed by atoms with Crippen molar-refractivity contribution in [1.82, 2.24) is 4.90 Å². The van der Waals surface area contributed by atoms with Crippen LogP contribution in [0, 0.1) is 5.92 Å². The van der Waals surface area contributed by atoms with E-state index in [2.05, 4.69) is 0 Å². The summed E-state index contributed by atoms with van der Waals surface area (Å²) < 4.78 is 21.4. The zero-order valence-corrected chi connectivity index (χ0v) is 20.0. The van der Waals surface area contributed by atoms with Gasteiger partial charge in [0, 0.05) is 18.1 Å². The molecule has 1 saturated heterocycles. The lowest BCUT2D eigenvalue weighted by Crippen LogP contribution is -2.42. The fourth-order valence-electron chi connectivity index (χ4n) is 3.58. The van der Waals surface area contributed by atoms with E-state index in [0.29, 0.717) is 55.7 Å². The van der Waals surface area contributed by atoms with Crippen LogP contribution in [0.3, 0.4) is 0 Å². The van der Waals surface area contributed by atoms with Crippen molar-refractivity contribution in [3.05, 3.63) is 58.6 Å². The Morgan fingerprint density at radius 3 is 2.35 bits per heavy atom. The van der Waals surface area contributed by atoms with Gasteiger partial charge in [0.15, 0.2) is 18.1 Å². The molecule has 1 amide bonds. The average Bonchev–Trinajstić information content (AvgIpc) is 2.86. The maximum atomic E-state index is 12.5. The monoisotopic (exact) mass is 489 g/mol. The third-order valence-electron chi connectivity index (χ3n) is 5.50. The predicted molar refractivity (Wildman–Crippen MR) is 125 cm³/mol. The molecule has 1 fully saturated rings. The van der Waals surface area contributed by atoms with Gasteiger partial charge in [0.25, 0.3) is 5.91 Å². The Bertz CT molecular complexity index is 1000. The van der Waals surface area contributed by atoms with Gasteiger partial charge in [-0.15, -0.1) is 0 Å². The summed E-state index contributed by atoms with van der Waals surface area (Å²) >= 11 is 5.90. The lowest BCUT2D eigenvalue weighted by atomic mass is 9.97. The quantitative estimate of drug-likeness (QED) is 0.493. The molecule has 1 aliphatic rings. The molecule has 1 heterocycles. The number of benzene rings is 2. The standard InChI is InChI=1S/C25H28ClNO7/c1-3-32-24(29)18-10-12-27(13-11-18)23(28)16-34-25(30)19-6-9-21(22(14-19)31-2)33-15-17-4-7-20(26)8-5-17/h4-9,14,18H,3,10-13,15-16H2,1-2H3. The van der Waals surface area contributed by atoms with Crippen LogP contribution in [-0.2, 0) is 25.7 Å². The number of nitrogens with zero attached hydrogens (tertiary/aromatic N) is 1. The van der Waals surface area contributed by atoms with Crippen LogP contribution in [0.15, 0.2) is 42.5 Å². The molecule has 0 N–H and O–H groups in total. The minimum Gasteiger partial charge on any atom is -0.493 e. The number of likely N-dealkylation sites (tertiary alicyclic amines) is 1. The van der Waals surface area contributed by atoms with E-state index < -0.39 is 5.97 Å². The zero-order chi connectivity index (χ0) is 24.5. The van der Waals surface area contributed by atoms with E-state index in [-0.39, 0.29) is 30.0 Å². The van der Waals surface area contributed by atoms with E-state index >= 15 is 0 Å². The van der Waals surface area contributed by atoms with Crippen molar-refractivity contribution in [3.63, 3.8) is 0 Å². The number of methoxy groups -OCH3 is 1. The molecule has 34 heavy (non-hydrogen) atoms. The van der Waals surface area contributed by atoms with E-state index in [1.165, 1.54) is 13.2 Å². The number of carbonyl (C=O) groups excluding carboxylic acids is 3. The minimum absolute atomic E-state index is 0.195. The second kappa shape index (κ2) is 12.3. The third-order valence-corrected chi connectivity index (χ3v) is 5.75. The molecule has 0 aliphatic carbocycles. The molecular weight excluding hydrogens is 462 g/mol. The Hall–Kier alpha value is -3.26. The molecule has 0 unspecified atom stereocenters. The number of rotatable bonds is 9. The summed E-state index contributed by atoms with van der Waals surface area (Å²) in [4.78, 5) is 38.3. The van der Waals surface area contributed by atoms with Crippen LogP contribution in [0.1, 0.15) is 35.7 Å². The molecule has 3 rings (SSSR count). The second-order valence-corrected chi connectivity index (χ2v) is 8.20. The molecule has 182 valence electrons. The number of hydrogen-bond donors (Lipinski definition) is 0. The lowest BCUT2D eigenvalue weighted by molar-refractivity contribution is -0.151. The molecule has 9 heteroatoms. The van der Waals surface area contributed by atoms with Crippen LogP contribution < -0.4 is 9.47 Å². The number of hydrogen-bond acceptors (Lipinski definition) is 7. The van der Waals surface area contributed by atoms with Crippen LogP contribution in [0.25, 0.3) is 0 Å². The molecule has 0 bridgehead atoms. The smallest absolute Gasteiger partial charge is 0.338 e. The highest BCUT2D eigenvalue weighted by Gasteiger charge is 2.28. The second-order valence-electron chi connectivity index (χ2n) is 7.76. The normalized spacial score (nSPS) is 13.8. The van der Waals surface area contributed by atoms with Gasteiger partial charge in [-0.25, -0.2) is 4.79 Å². The number of amides is 1. The summed E-state index contributed by atoms with van der Waals surface area (Å²) in [5.74, 6) is -0.525. The van der Waals surface area contributed by atoms with E-state index in [1.54, 1.807) is 36.1 Å². The highest BCUT2D eigenvalue weighted by molar-refractivity contribution is 6.30. The lowest BCUT2D eigenvalue weighted by Gasteiger charge is -2.30. The molecule has 1 aliphatic heterocycles. The van der Waals surface area contributed by atoms with E-state index in [0.717, 1.165) is 5.56 Å². The largest absolute Gasteiger partial charge is 0.493 e. The summed E-state index contributed by atoms with van der Waals surface area (Å²) in [7, 11) is 1.48. The first-order chi connectivity index (χ1) is 16.4. The van der Waals surface area contributed by atoms with Crippen molar-refractivity contribution in [1.29, 1.82) is 0 Å². The van der Waals surface area contributed by atoms with Gasteiger partial charge in [-0.1, -0.05) is 23.7 Å². The molecule has 0 spiro atoms. The van der Waals surface area contributed by atoms with E-state index in [9.17, 15) is 14.4 Å². The summed E-state index contributed by atoms with van der Waals surface area (Å²) in [6.45, 7) is 2.88. The van der Waals surface area contributed by atoms with Crippen molar-refractivity contribution >= 4 is 29.4 Å². The fraction of sp³-hybridized carbons (Fsp3) is 0.400. The summed E-state index contributed by atoms with van der Waals surface area (Å²) in [5.41, 5.74) is 1.17. The Morgan fingerprint density at radius 2 is 1.71 bits per heavy atom. The number of carbonyl (C=O) groups is 3. The Kier molecular flexibility index (Phi) is 9.16. The molecule has 8 nitrogen and oxygen atoms in total. The first kappa shape index (κ1) is 25.4. The first-order valence-electron chi connectivity index (χ1n) is 11.1. The van der Waals surface area contributed by atoms with E-state index in [1.807, 2.05) is 12.1 Å². The van der Waals surface area contributed by atoms with Crippen molar-refractivity contribution < 1.29 is 33.3 Å². The molecule has 2 aromatic rings. The van der Waals surface area contributed by atoms with Crippen molar-refractivity contribution in [2.75, 3.05) is 33.4 Å². The molecule has 0 radical (unpaired) electrons. The highest BCUT2D eigenvalue weighted by Crippen LogP contribution is 2.29. The zero-order valence-electron chi connectivity index (χ0n) is 19.3. The third kappa shape index (κ3) is 6.87. The van der Waals surface area contributed by atoms with Crippen molar-refractivity contribution in [2.24, 2.45) is 5.92 Å². The Balaban J connectivity index is 1.50. The molecular formula is C25H28ClNO7. The van der Waals surface area contributed by atoms with Crippen molar-refractivity contribution in [3.8, 4) is 11.5 Å².